The number of benzene rings is 3. The molecule has 35 heavy (non-hydrogen) atoms. The van der Waals surface area contributed by atoms with Crippen LogP contribution in [0.3, 0.4) is 0 Å². The molecule has 0 bridgehead atoms. The molecule has 2 amide bonds. The van der Waals surface area contributed by atoms with Crippen LogP contribution in [0.5, 0.6) is 5.75 Å². The number of hydrogen-bond donors (Lipinski definition) is 1. The number of nitrogens with zero attached hydrogens (tertiary/aromatic N) is 1. The largest absolute Gasteiger partial charge is 0.489 e. The minimum atomic E-state index is -0.231. The number of ether oxygens (including phenoxy) is 1. The molecule has 0 saturated carbocycles. The Bertz CT molecular complexity index is 1360. The summed E-state index contributed by atoms with van der Waals surface area (Å²) in [7, 11) is 0. The standard InChI is InChI=1S/C29H26N2O3S/c1-20-24(29(33)31-16-14-27-21(18-31)15-17-35-27)12-7-13-26(20)30-28(32)25-11-6-5-8-22(25)19-34-23-9-3-2-4-10-23/h2-13,15,17H,14,16,18-19H2,1H3,(H,30,32). The quantitative estimate of drug-likeness (QED) is 0.362. The minimum absolute atomic E-state index is 0.00731. The van der Waals surface area contributed by atoms with Crippen molar-refractivity contribution in [3.63, 3.8) is 0 Å². The number of carbonyl (C=O) groups is 2. The van der Waals surface area contributed by atoms with Gasteiger partial charge < -0.3 is 15.0 Å². The van der Waals surface area contributed by atoms with E-state index >= 15 is 0 Å². The van der Waals surface area contributed by atoms with Gasteiger partial charge in [0, 0.05) is 40.3 Å². The van der Waals surface area contributed by atoms with Crippen molar-refractivity contribution in [2.45, 2.75) is 26.5 Å². The van der Waals surface area contributed by atoms with Crippen LogP contribution < -0.4 is 10.1 Å². The molecule has 0 spiro atoms. The van der Waals surface area contributed by atoms with E-state index in [0.29, 0.717) is 29.9 Å². The number of anilines is 1. The van der Waals surface area contributed by atoms with Gasteiger partial charge in [0.1, 0.15) is 12.4 Å². The first-order valence-corrected chi connectivity index (χ1v) is 12.5. The van der Waals surface area contributed by atoms with Crippen LogP contribution in [-0.4, -0.2) is 23.3 Å². The maximum absolute atomic E-state index is 13.3. The number of carbonyl (C=O) groups excluding carboxylic acids is 2. The van der Waals surface area contributed by atoms with Gasteiger partial charge in [-0.3, -0.25) is 9.59 Å². The van der Waals surface area contributed by atoms with Gasteiger partial charge in [0.15, 0.2) is 0 Å². The topological polar surface area (TPSA) is 58.6 Å². The van der Waals surface area contributed by atoms with Crippen LogP contribution in [0.4, 0.5) is 5.69 Å². The second kappa shape index (κ2) is 10.2. The Morgan fingerprint density at radius 2 is 1.71 bits per heavy atom. The first kappa shape index (κ1) is 22.9. The Hall–Kier alpha value is -3.90. The molecule has 5 rings (SSSR count). The van der Waals surface area contributed by atoms with Gasteiger partial charge in [-0.2, -0.15) is 0 Å². The summed E-state index contributed by atoms with van der Waals surface area (Å²) in [5, 5.41) is 5.10. The summed E-state index contributed by atoms with van der Waals surface area (Å²) in [6, 6.07) is 24.5. The van der Waals surface area contributed by atoms with E-state index in [4.69, 9.17) is 4.74 Å². The summed E-state index contributed by atoms with van der Waals surface area (Å²) in [6.07, 6.45) is 0.885. The number of nitrogens with one attached hydrogen (secondary N) is 1. The molecule has 1 aromatic heterocycles. The predicted molar refractivity (Wildman–Crippen MR) is 139 cm³/mol. The third kappa shape index (κ3) is 4.98. The number of thiophene rings is 1. The fourth-order valence-corrected chi connectivity index (χ4v) is 5.22. The lowest BCUT2D eigenvalue weighted by molar-refractivity contribution is 0.0735. The average molecular weight is 483 g/mol. The maximum Gasteiger partial charge on any atom is 0.256 e. The second-order valence-corrected chi connectivity index (χ2v) is 9.54. The molecule has 0 fully saturated rings. The molecular weight excluding hydrogens is 456 g/mol. The van der Waals surface area contributed by atoms with Crippen molar-refractivity contribution in [2.24, 2.45) is 0 Å². The molecule has 5 nitrogen and oxygen atoms in total. The number of rotatable bonds is 6. The van der Waals surface area contributed by atoms with Crippen molar-refractivity contribution in [2.75, 3.05) is 11.9 Å². The fourth-order valence-electron chi connectivity index (χ4n) is 4.33. The van der Waals surface area contributed by atoms with Gasteiger partial charge >= 0.3 is 0 Å². The van der Waals surface area contributed by atoms with Crippen LogP contribution in [0.1, 0.15) is 42.3 Å². The van der Waals surface area contributed by atoms with Gasteiger partial charge in [-0.1, -0.05) is 42.5 Å². The molecule has 0 saturated heterocycles. The van der Waals surface area contributed by atoms with Gasteiger partial charge in [0.05, 0.1) is 0 Å². The van der Waals surface area contributed by atoms with E-state index < -0.39 is 0 Å². The van der Waals surface area contributed by atoms with E-state index in [1.807, 2.05) is 78.6 Å². The number of amides is 2. The lowest BCUT2D eigenvalue weighted by atomic mass is 10.0. The van der Waals surface area contributed by atoms with Crippen molar-refractivity contribution < 1.29 is 14.3 Å². The normalized spacial score (nSPS) is 12.7. The predicted octanol–water partition coefficient (Wildman–Crippen LogP) is 6.09. The SMILES string of the molecule is Cc1c(NC(=O)c2ccccc2COc2ccccc2)cccc1C(=O)N1CCc2sccc2C1. The van der Waals surface area contributed by atoms with E-state index in [1.54, 1.807) is 17.4 Å². The van der Waals surface area contributed by atoms with Crippen LogP contribution in [0.2, 0.25) is 0 Å². The monoisotopic (exact) mass is 482 g/mol. The minimum Gasteiger partial charge on any atom is -0.489 e. The summed E-state index contributed by atoms with van der Waals surface area (Å²) in [5.74, 6) is 0.509. The second-order valence-electron chi connectivity index (χ2n) is 8.54. The van der Waals surface area contributed by atoms with E-state index in [1.165, 1.54) is 10.4 Å². The summed E-state index contributed by atoms with van der Waals surface area (Å²) in [6.45, 7) is 3.50. The molecule has 0 radical (unpaired) electrons. The highest BCUT2D eigenvalue weighted by atomic mass is 32.1. The zero-order valence-corrected chi connectivity index (χ0v) is 20.3. The smallest absolute Gasteiger partial charge is 0.256 e. The van der Waals surface area contributed by atoms with E-state index in [2.05, 4.69) is 16.8 Å². The Kier molecular flexibility index (Phi) is 6.64. The van der Waals surface area contributed by atoms with Crippen molar-refractivity contribution in [3.8, 4) is 5.75 Å². The molecule has 3 aromatic carbocycles. The molecule has 0 aliphatic carbocycles. The van der Waals surface area contributed by atoms with Crippen LogP contribution >= 0.6 is 11.3 Å². The third-order valence-corrected chi connectivity index (χ3v) is 7.33. The Morgan fingerprint density at radius 1 is 0.943 bits per heavy atom. The van der Waals surface area contributed by atoms with E-state index in [-0.39, 0.29) is 18.4 Å². The highest BCUT2D eigenvalue weighted by Gasteiger charge is 2.24. The van der Waals surface area contributed by atoms with Crippen LogP contribution in [0.15, 0.2) is 84.2 Å². The van der Waals surface area contributed by atoms with Crippen LogP contribution in [-0.2, 0) is 19.6 Å². The summed E-state index contributed by atoms with van der Waals surface area (Å²) in [5.41, 5.74) is 4.57. The summed E-state index contributed by atoms with van der Waals surface area (Å²) < 4.78 is 5.86. The Morgan fingerprint density at radius 3 is 2.57 bits per heavy atom. The average Bonchev–Trinajstić information content (AvgIpc) is 3.37. The third-order valence-electron chi connectivity index (χ3n) is 6.31. The molecule has 4 aromatic rings. The first-order chi connectivity index (χ1) is 17.1. The molecular formula is C29H26N2O3S. The zero-order valence-electron chi connectivity index (χ0n) is 19.5. The number of hydrogen-bond acceptors (Lipinski definition) is 4. The highest BCUT2D eigenvalue weighted by molar-refractivity contribution is 7.10. The molecule has 0 atom stereocenters. The van der Waals surface area contributed by atoms with Gasteiger partial charge in [-0.25, -0.2) is 0 Å². The number of para-hydroxylation sites is 1. The molecule has 1 aliphatic heterocycles. The first-order valence-electron chi connectivity index (χ1n) is 11.6. The molecule has 2 heterocycles. The Balaban J connectivity index is 1.32. The molecule has 1 aliphatic rings. The number of fused-ring (bicyclic) bond motifs is 1. The summed E-state index contributed by atoms with van der Waals surface area (Å²) >= 11 is 1.75. The maximum atomic E-state index is 13.3. The van der Waals surface area contributed by atoms with Crippen molar-refractivity contribution in [1.29, 1.82) is 0 Å². The van der Waals surface area contributed by atoms with Gasteiger partial charge in [-0.15, -0.1) is 11.3 Å². The van der Waals surface area contributed by atoms with Gasteiger partial charge in [0.25, 0.3) is 11.8 Å². The molecule has 6 heteroatoms. The van der Waals surface area contributed by atoms with Crippen molar-refractivity contribution in [3.05, 3.63) is 117 Å². The van der Waals surface area contributed by atoms with Gasteiger partial charge in [-0.05, 0) is 66.2 Å². The zero-order chi connectivity index (χ0) is 24.2. The summed E-state index contributed by atoms with van der Waals surface area (Å²) in [4.78, 5) is 29.8. The molecule has 176 valence electrons. The molecule has 0 unspecified atom stereocenters. The lowest BCUT2D eigenvalue weighted by Crippen LogP contribution is -2.35. The fraction of sp³-hybridized carbons (Fsp3) is 0.172. The van der Waals surface area contributed by atoms with E-state index in [9.17, 15) is 9.59 Å². The van der Waals surface area contributed by atoms with Crippen LogP contribution in [0, 0.1) is 6.92 Å². The van der Waals surface area contributed by atoms with Crippen molar-refractivity contribution in [1.82, 2.24) is 4.90 Å². The van der Waals surface area contributed by atoms with Gasteiger partial charge in [0.2, 0.25) is 0 Å². The van der Waals surface area contributed by atoms with Crippen molar-refractivity contribution >= 4 is 28.8 Å². The van der Waals surface area contributed by atoms with Crippen LogP contribution in [0.25, 0.3) is 0 Å². The highest BCUT2D eigenvalue weighted by Crippen LogP contribution is 2.27. The Labute approximate surface area is 209 Å². The molecule has 1 N–H and O–H groups in total. The lowest BCUT2D eigenvalue weighted by Gasteiger charge is -2.28. The van der Waals surface area contributed by atoms with E-state index in [0.717, 1.165) is 23.3 Å².